The first-order valence-corrected chi connectivity index (χ1v) is 24.1. The second-order valence-corrected chi connectivity index (χ2v) is 22.9. The van der Waals surface area contributed by atoms with Crippen LogP contribution in [0.2, 0.25) is 0 Å². The van der Waals surface area contributed by atoms with E-state index < -0.39 is 0 Å². The molecule has 2 aliphatic rings. The van der Waals surface area contributed by atoms with Crippen LogP contribution in [-0.4, -0.2) is 19.9 Å². The number of H-pyrrole nitrogens is 2. The summed E-state index contributed by atoms with van der Waals surface area (Å²) in [6.07, 6.45) is 8.83. The summed E-state index contributed by atoms with van der Waals surface area (Å²) in [5.74, 6) is 0. The van der Waals surface area contributed by atoms with Gasteiger partial charge in [-0.3, -0.25) is 0 Å². The van der Waals surface area contributed by atoms with Gasteiger partial charge in [-0.25, -0.2) is 9.97 Å². The van der Waals surface area contributed by atoms with Crippen molar-refractivity contribution in [2.45, 2.75) is 118 Å². The predicted octanol–water partition coefficient (Wildman–Crippen LogP) is 16.9. The van der Waals surface area contributed by atoms with Gasteiger partial charge in [0.15, 0.2) is 0 Å². The average Bonchev–Trinajstić information content (AvgIpc) is 4.12. The Morgan fingerprint density at radius 2 is 0.721 bits per heavy atom. The third-order valence-corrected chi connectivity index (χ3v) is 13.7. The highest BCUT2D eigenvalue weighted by Crippen LogP contribution is 2.42. The maximum absolute atomic E-state index is 10.4. The van der Waals surface area contributed by atoms with Crippen molar-refractivity contribution in [1.29, 1.82) is 5.26 Å². The molecule has 2 aliphatic heterocycles. The first-order chi connectivity index (χ1) is 32.1. The minimum atomic E-state index is -0.105. The quantitative estimate of drug-likeness (QED) is 0.181. The van der Waals surface area contributed by atoms with Crippen LogP contribution in [0.25, 0.3) is 90.9 Å². The number of rotatable bonds is 5. The van der Waals surface area contributed by atoms with Crippen LogP contribution in [0.3, 0.4) is 0 Å². The number of nitriles is 1. The van der Waals surface area contributed by atoms with Crippen LogP contribution < -0.4 is 0 Å². The minimum Gasteiger partial charge on any atom is -0.354 e. The third kappa shape index (κ3) is 8.81. The van der Waals surface area contributed by atoms with E-state index in [0.29, 0.717) is 0 Å². The molecule has 5 nitrogen and oxygen atoms in total. The van der Waals surface area contributed by atoms with Crippen molar-refractivity contribution >= 4 is 46.4 Å². The summed E-state index contributed by atoms with van der Waals surface area (Å²) in [7, 11) is 0. The minimum absolute atomic E-state index is 0.000257. The number of aromatic amines is 2. The normalized spacial score (nSPS) is 13.0. The Morgan fingerprint density at radius 3 is 1.06 bits per heavy atom. The highest BCUT2D eigenvalue weighted by atomic mass is 14.8. The summed E-state index contributed by atoms with van der Waals surface area (Å²) in [4.78, 5) is 19.1. The van der Waals surface area contributed by atoms with Gasteiger partial charge in [-0.05, 0) is 133 Å². The monoisotopic (exact) mass is 892 g/mol. The molecule has 3 aromatic heterocycles. The number of aromatic nitrogens is 4. The fraction of sp³-hybridized carbons (Fsp3) is 0.286. The summed E-state index contributed by atoms with van der Waals surface area (Å²) in [5, 5.41) is 10.4. The van der Waals surface area contributed by atoms with Gasteiger partial charge in [0.1, 0.15) is 0 Å². The van der Waals surface area contributed by atoms with Crippen LogP contribution >= 0.6 is 0 Å². The van der Waals surface area contributed by atoms with Gasteiger partial charge in [0.2, 0.25) is 0 Å². The largest absolute Gasteiger partial charge is 0.354 e. The van der Waals surface area contributed by atoms with E-state index in [1.54, 1.807) is 0 Å². The van der Waals surface area contributed by atoms with Gasteiger partial charge in [-0.2, -0.15) is 5.26 Å². The molecule has 2 N–H and O–H groups in total. The van der Waals surface area contributed by atoms with Crippen molar-refractivity contribution in [1.82, 2.24) is 19.9 Å². The number of hydrogen-bond acceptors (Lipinski definition) is 3. The first kappa shape index (κ1) is 46.1. The Hall–Kier alpha value is -7.03. The Labute approximate surface area is 403 Å². The fourth-order valence-electron chi connectivity index (χ4n) is 9.67. The van der Waals surface area contributed by atoms with Crippen LogP contribution in [0.15, 0.2) is 109 Å². The van der Waals surface area contributed by atoms with Gasteiger partial charge in [-0.15, -0.1) is 0 Å². The maximum Gasteiger partial charge on any atom is 0.0738 e. The lowest BCUT2D eigenvalue weighted by atomic mass is 9.81. The zero-order valence-electron chi connectivity index (χ0n) is 42.3. The molecule has 0 unspecified atom stereocenters. The lowest BCUT2D eigenvalue weighted by Gasteiger charge is -2.23. The van der Waals surface area contributed by atoms with Gasteiger partial charge in [0.25, 0.3) is 0 Å². The highest BCUT2D eigenvalue weighted by molar-refractivity contribution is 6.00. The van der Waals surface area contributed by atoms with E-state index in [0.717, 1.165) is 100 Å². The number of benzene rings is 4. The molecule has 342 valence electrons. The van der Waals surface area contributed by atoms with E-state index in [9.17, 15) is 5.26 Å². The molecule has 8 bridgehead atoms. The van der Waals surface area contributed by atoms with Crippen LogP contribution in [0, 0.1) is 18.3 Å². The standard InChI is InChI=1S/C63H65N5/c1-38-36-46(63(11,12)13)37-42(34-35-64)55(38)59-53-32-30-51(67-53)57(40-16-22-44(23-17-40)61(5,6)7)49-28-26-47(65-49)56(39-14-20-43(21-15-39)60(2,3)4)48-27-29-50(66-48)58(52-31-33-54(59)68-52)41-18-24-45(25-19-41)62(8,9)10/h14-33,36-37,65-66H,34H2,1-13H3. The van der Waals surface area contributed by atoms with E-state index in [2.05, 4.69) is 240 Å². The summed E-state index contributed by atoms with van der Waals surface area (Å²) >= 11 is 0. The number of nitrogens with zero attached hydrogens (tertiary/aromatic N) is 3. The zero-order valence-corrected chi connectivity index (χ0v) is 42.3. The highest BCUT2D eigenvalue weighted by Gasteiger charge is 2.25. The average molecular weight is 892 g/mol. The molecule has 0 amide bonds. The zero-order chi connectivity index (χ0) is 48.5. The van der Waals surface area contributed by atoms with Crippen molar-refractivity contribution in [3.05, 3.63) is 165 Å². The van der Waals surface area contributed by atoms with Crippen LogP contribution in [0.5, 0.6) is 0 Å². The van der Waals surface area contributed by atoms with Gasteiger partial charge >= 0.3 is 0 Å². The van der Waals surface area contributed by atoms with Crippen molar-refractivity contribution in [3.8, 4) is 50.6 Å². The number of nitrogens with one attached hydrogen (secondary N) is 2. The molecule has 4 aromatic carbocycles. The van der Waals surface area contributed by atoms with Crippen molar-refractivity contribution in [2.75, 3.05) is 0 Å². The molecule has 68 heavy (non-hydrogen) atoms. The molecule has 0 aliphatic carbocycles. The number of hydrogen-bond donors (Lipinski definition) is 2. The van der Waals surface area contributed by atoms with Crippen LogP contribution in [-0.2, 0) is 28.1 Å². The smallest absolute Gasteiger partial charge is 0.0738 e. The second-order valence-electron chi connectivity index (χ2n) is 22.9. The van der Waals surface area contributed by atoms with E-state index in [1.807, 2.05) is 0 Å². The van der Waals surface area contributed by atoms with E-state index >= 15 is 0 Å². The van der Waals surface area contributed by atoms with Crippen molar-refractivity contribution < 1.29 is 0 Å². The molecule has 5 heteroatoms. The Bertz CT molecular complexity index is 3210. The van der Waals surface area contributed by atoms with Gasteiger partial charge in [0.05, 0.1) is 35.3 Å². The summed E-state index contributed by atoms with van der Waals surface area (Å²) in [6.45, 7) is 29.1. The topological polar surface area (TPSA) is 81.1 Å². The van der Waals surface area contributed by atoms with Crippen molar-refractivity contribution in [3.63, 3.8) is 0 Å². The van der Waals surface area contributed by atoms with E-state index in [-0.39, 0.29) is 28.1 Å². The predicted molar refractivity (Wildman–Crippen MR) is 289 cm³/mol. The molecular formula is C63H65N5. The van der Waals surface area contributed by atoms with Crippen LogP contribution in [0.1, 0.15) is 139 Å². The molecular weight excluding hydrogens is 827 g/mol. The fourth-order valence-corrected chi connectivity index (χ4v) is 9.67. The number of aryl methyl sites for hydroxylation is 1. The second kappa shape index (κ2) is 16.9. The lowest BCUT2D eigenvalue weighted by Crippen LogP contribution is -2.13. The SMILES string of the molecule is Cc1cc(C(C)(C)C)cc(CC#N)c1-c1c2nc(c(-c3ccc(C(C)(C)C)cc3)c3ccc([nH]3)c(-c3ccc(C(C)(C)C)cc3)c3ccc([nH]3)c(-c3ccc(C(C)(C)C)cc3)c3nc1C=C3)C=C2. The van der Waals surface area contributed by atoms with Gasteiger partial charge < -0.3 is 9.97 Å². The molecule has 9 rings (SSSR count). The Kier molecular flexibility index (Phi) is 11.5. The molecule has 0 radical (unpaired) electrons. The Morgan fingerprint density at radius 1 is 0.397 bits per heavy atom. The van der Waals surface area contributed by atoms with Gasteiger partial charge in [-0.1, -0.05) is 168 Å². The van der Waals surface area contributed by atoms with Crippen LogP contribution in [0.4, 0.5) is 0 Å². The molecule has 0 fully saturated rings. The third-order valence-electron chi connectivity index (χ3n) is 13.7. The van der Waals surface area contributed by atoms with Gasteiger partial charge in [0, 0.05) is 44.3 Å². The first-order valence-electron chi connectivity index (χ1n) is 24.1. The molecule has 0 saturated heterocycles. The molecule has 0 saturated carbocycles. The summed E-state index contributed by atoms with van der Waals surface area (Å²) in [5.41, 5.74) is 22.5. The maximum atomic E-state index is 10.4. The van der Waals surface area contributed by atoms with E-state index in [4.69, 9.17) is 9.97 Å². The van der Waals surface area contributed by atoms with E-state index in [1.165, 1.54) is 22.3 Å². The van der Waals surface area contributed by atoms with Crippen molar-refractivity contribution in [2.24, 2.45) is 0 Å². The molecule has 7 aromatic rings. The summed E-state index contributed by atoms with van der Waals surface area (Å²) < 4.78 is 0. The summed E-state index contributed by atoms with van der Waals surface area (Å²) in [6, 6.07) is 42.8. The molecule has 5 heterocycles. The molecule has 0 atom stereocenters. The molecule has 0 spiro atoms. The lowest BCUT2D eigenvalue weighted by molar-refractivity contribution is 0.589. The number of fused-ring (bicyclic) bond motifs is 8. The Balaban J connectivity index is 1.46.